The number of anilines is 1. The number of hydrazone groups is 1. The molecule has 3 N–H and O–H groups in total. The Bertz CT molecular complexity index is 1660. The van der Waals surface area contributed by atoms with Crippen molar-refractivity contribution < 1.29 is 18.9 Å². The second kappa shape index (κ2) is 11.5. The monoisotopic (exact) mass is 538 g/mol. The van der Waals surface area contributed by atoms with Crippen molar-refractivity contribution in [2.75, 3.05) is 12.8 Å². The van der Waals surface area contributed by atoms with Crippen molar-refractivity contribution in [3.8, 4) is 28.6 Å². The van der Waals surface area contributed by atoms with E-state index in [1.165, 1.54) is 5.56 Å². The van der Waals surface area contributed by atoms with Crippen LogP contribution in [0.3, 0.4) is 0 Å². The number of nitrogen functional groups attached to an aromatic ring is 1. The van der Waals surface area contributed by atoms with Crippen molar-refractivity contribution in [1.29, 1.82) is 0 Å². The van der Waals surface area contributed by atoms with Crippen molar-refractivity contribution in [3.63, 3.8) is 0 Å². The maximum absolute atomic E-state index is 13.4. The van der Waals surface area contributed by atoms with Gasteiger partial charge < -0.3 is 15.2 Å². The van der Waals surface area contributed by atoms with Crippen LogP contribution in [0, 0.1) is 6.92 Å². The van der Waals surface area contributed by atoms with E-state index in [1.807, 2.05) is 55.5 Å². The van der Waals surface area contributed by atoms with Crippen LogP contribution in [-0.4, -0.2) is 44.0 Å². The van der Waals surface area contributed by atoms with Crippen molar-refractivity contribution >= 4 is 17.4 Å². The Hall–Kier alpha value is -5.52. The maximum atomic E-state index is 13.4. The lowest BCUT2D eigenvalue weighted by atomic mass is 10.1. The largest absolute Gasteiger partial charge is 0.493 e. The van der Waals surface area contributed by atoms with Gasteiger partial charge in [-0.15, -0.1) is 5.10 Å². The number of rotatable bonds is 9. The molecule has 12 heteroatoms. The van der Waals surface area contributed by atoms with E-state index in [0.717, 1.165) is 15.8 Å². The molecule has 3 aromatic carbocycles. The first kappa shape index (κ1) is 26.1. The molecule has 0 atom stereocenters. The van der Waals surface area contributed by atoms with Crippen molar-refractivity contribution in [1.82, 2.24) is 30.7 Å². The van der Waals surface area contributed by atoms with Gasteiger partial charge in [0.1, 0.15) is 12.3 Å². The van der Waals surface area contributed by atoms with Gasteiger partial charge in [-0.05, 0) is 47.9 Å². The number of carbonyl (C=O) groups excluding carboxylic acids is 1. The van der Waals surface area contributed by atoms with Gasteiger partial charge >= 0.3 is 0 Å². The van der Waals surface area contributed by atoms with Crippen LogP contribution in [0.4, 0.5) is 5.82 Å². The molecule has 0 radical (unpaired) electrons. The predicted octanol–water partition coefficient (Wildman–Crippen LogP) is 3.95. The van der Waals surface area contributed by atoms with E-state index < -0.39 is 5.91 Å². The molecule has 2 heterocycles. The van der Waals surface area contributed by atoms with Gasteiger partial charge in [0, 0.05) is 11.1 Å². The number of hydrogen-bond acceptors (Lipinski definition) is 10. The average Bonchev–Trinajstić information content (AvgIpc) is 3.61. The number of benzene rings is 3. The topological polar surface area (TPSA) is 156 Å². The summed E-state index contributed by atoms with van der Waals surface area (Å²) in [4.78, 5) is 13.4. The fourth-order valence-electron chi connectivity index (χ4n) is 3.87. The first-order valence-corrected chi connectivity index (χ1v) is 12.3. The molecular formula is C28H26N8O4. The number of amides is 1. The summed E-state index contributed by atoms with van der Waals surface area (Å²) in [7, 11) is 1.57. The zero-order valence-electron chi connectivity index (χ0n) is 22.0. The fraction of sp³-hybridized carbons (Fsp3) is 0.143. The third-order valence-electron chi connectivity index (χ3n) is 6.05. The summed E-state index contributed by atoms with van der Waals surface area (Å²) >= 11 is 0. The molecule has 0 unspecified atom stereocenters. The molecule has 0 bridgehead atoms. The summed E-state index contributed by atoms with van der Waals surface area (Å²) in [6.45, 7) is 4.20. The molecule has 12 nitrogen and oxygen atoms in total. The summed E-state index contributed by atoms with van der Waals surface area (Å²) in [5.41, 5.74) is 12.9. The lowest BCUT2D eigenvalue weighted by molar-refractivity contribution is 0.0947. The van der Waals surface area contributed by atoms with Crippen molar-refractivity contribution in [2.24, 2.45) is 5.10 Å². The van der Waals surface area contributed by atoms with Gasteiger partial charge in [-0.25, -0.2) is 10.1 Å². The lowest BCUT2D eigenvalue weighted by Crippen LogP contribution is -2.23. The Balaban J connectivity index is 1.37. The Morgan fingerprint density at radius 2 is 1.82 bits per heavy atom. The van der Waals surface area contributed by atoms with E-state index in [2.05, 4.69) is 35.8 Å². The molecule has 5 rings (SSSR count). The molecule has 1 amide bonds. The van der Waals surface area contributed by atoms with Gasteiger partial charge in [-0.1, -0.05) is 65.4 Å². The second-order valence-corrected chi connectivity index (χ2v) is 8.82. The number of nitrogens with two attached hydrogens (primary N) is 1. The van der Waals surface area contributed by atoms with Crippen LogP contribution < -0.4 is 20.6 Å². The summed E-state index contributed by atoms with van der Waals surface area (Å²) in [5.74, 6) is 0.523. The van der Waals surface area contributed by atoms with Gasteiger partial charge in [-0.2, -0.15) is 9.78 Å². The number of nitrogens with one attached hydrogen (secondary N) is 1. The van der Waals surface area contributed by atoms with Gasteiger partial charge in [0.25, 0.3) is 5.91 Å². The number of aromatic nitrogens is 5. The fourth-order valence-corrected chi connectivity index (χ4v) is 3.87. The molecule has 5 aromatic rings. The average molecular weight is 539 g/mol. The number of nitrogens with zero attached hydrogens (tertiary/aromatic N) is 6. The molecule has 2 aromatic heterocycles. The minimum atomic E-state index is -0.587. The summed E-state index contributed by atoms with van der Waals surface area (Å²) in [6, 6.07) is 22.7. The molecule has 0 spiro atoms. The Morgan fingerprint density at radius 3 is 2.52 bits per heavy atom. The molecule has 0 aliphatic carbocycles. The number of ether oxygens (including phenoxy) is 2. The van der Waals surface area contributed by atoms with E-state index >= 15 is 0 Å². The molecule has 0 saturated carbocycles. The minimum Gasteiger partial charge on any atom is -0.493 e. The Kier molecular flexibility index (Phi) is 7.49. The summed E-state index contributed by atoms with van der Waals surface area (Å²) in [5, 5.41) is 19.9. The maximum Gasteiger partial charge on any atom is 0.292 e. The van der Waals surface area contributed by atoms with Gasteiger partial charge in [0.2, 0.25) is 11.6 Å². The van der Waals surface area contributed by atoms with E-state index in [9.17, 15) is 4.79 Å². The van der Waals surface area contributed by atoms with E-state index in [1.54, 1.807) is 38.3 Å². The number of methoxy groups -OCH3 is 1. The van der Waals surface area contributed by atoms with E-state index in [-0.39, 0.29) is 17.3 Å². The zero-order valence-corrected chi connectivity index (χ0v) is 22.0. The third-order valence-corrected chi connectivity index (χ3v) is 6.05. The highest BCUT2D eigenvalue weighted by atomic mass is 16.6. The first-order chi connectivity index (χ1) is 19.4. The molecule has 0 saturated heterocycles. The van der Waals surface area contributed by atoms with E-state index in [4.69, 9.17) is 15.2 Å². The number of carbonyl (C=O) groups is 1. The minimum absolute atomic E-state index is 0.0338. The smallest absolute Gasteiger partial charge is 0.292 e. The quantitative estimate of drug-likeness (QED) is 0.210. The van der Waals surface area contributed by atoms with Gasteiger partial charge in [-0.3, -0.25) is 4.79 Å². The summed E-state index contributed by atoms with van der Waals surface area (Å²) < 4.78 is 17.4. The van der Waals surface area contributed by atoms with Gasteiger partial charge in [0.05, 0.1) is 12.8 Å². The molecule has 0 fully saturated rings. The highest BCUT2D eigenvalue weighted by molar-refractivity contribution is 6.02. The molecule has 0 aliphatic rings. The highest BCUT2D eigenvalue weighted by Gasteiger charge is 2.26. The normalized spacial score (nSPS) is 11.3. The van der Waals surface area contributed by atoms with Crippen LogP contribution in [0.2, 0.25) is 0 Å². The predicted molar refractivity (Wildman–Crippen MR) is 147 cm³/mol. The number of aryl methyl sites for hydroxylation is 1. The zero-order chi connectivity index (χ0) is 28.1. The highest BCUT2D eigenvalue weighted by Crippen LogP contribution is 2.29. The Morgan fingerprint density at radius 1 is 1.05 bits per heavy atom. The first-order valence-electron chi connectivity index (χ1n) is 12.3. The van der Waals surface area contributed by atoms with E-state index in [0.29, 0.717) is 35.1 Å². The van der Waals surface area contributed by atoms with Crippen LogP contribution in [-0.2, 0) is 6.61 Å². The molecule has 40 heavy (non-hydrogen) atoms. The molecule has 202 valence electrons. The Labute approximate surface area is 229 Å². The second-order valence-electron chi connectivity index (χ2n) is 8.82. The van der Waals surface area contributed by atoms with Gasteiger partial charge in [0.15, 0.2) is 17.2 Å². The molecule has 0 aliphatic heterocycles. The molecular weight excluding hydrogens is 512 g/mol. The van der Waals surface area contributed by atoms with Crippen molar-refractivity contribution in [2.45, 2.75) is 20.5 Å². The standard InChI is InChI=1S/C28H26N8O4/c1-17-9-11-19(12-10-17)16-39-22-14-13-21(15-23(22)38-3)18(2)30-32-28(37)25-24(20-7-5-4-6-8-20)31-35-36(25)27-26(29)33-40-34-27/h4-15H,16H2,1-3H3,(H2,29,33)(H,32,37)/b30-18+. The van der Waals surface area contributed by atoms with Crippen LogP contribution in [0.15, 0.2) is 82.5 Å². The van der Waals surface area contributed by atoms with Crippen LogP contribution in [0.1, 0.15) is 34.1 Å². The number of hydrogen-bond donors (Lipinski definition) is 2. The third kappa shape index (κ3) is 5.50. The van der Waals surface area contributed by atoms with Crippen molar-refractivity contribution in [3.05, 3.63) is 95.2 Å². The van der Waals surface area contributed by atoms with Crippen LogP contribution in [0.25, 0.3) is 17.1 Å². The van der Waals surface area contributed by atoms with Crippen LogP contribution >= 0.6 is 0 Å². The lowest BCUT2D eigenvalue weighted by Gasteiger charge is -2.12. The SMILES string of the molecule is COc1cc(/C(C)=N/NC(=O)c2c(-c3ccccc3)nnn2-c2nonc2N)ccc1OCc1ccc(C)cc1. The summed E-state index contributed by atoms with van der Waals surface area (Å²) in [6.07, 6.45) is 0. The van der Waals surface area contributed by atoms with Crippen LogP contribution in [0.5, 0.6) is 11.5 Å².